The Kier molecular flexibility index (Phi) is 8.57. The quantitative estimate of drug-likeness (QED) is 0.460. The number of phenols is 1. The number of rotatable bonds is 9. The molecule has 0 radical (unpaired) electrons. The number of ether oxygens (including phenoxy) is 1. The lowest BCUT2D eigenvalue weighted by molar-refractivity contribution is -0.923. The maximum Gasteiger partial charge on any atom is 0.220 e. The molecule has 1 aliphatic rings. The van der Waals surface area contributed by atoms with E-state index >= 15 is 0 Å². The van der Waals surface area contributed by atoms with Gasteiger partial charge in [0.05, 0.1) is 20.2 Å². The standard InChI is InChI=1S/C21H33N3O4/c1-4-16-13-24(14-18-5-6-19(28-3)12-20(18)26)10-7-17(16)11-21(27)23-9-8-22-15(2)25/h5-6,12,16-17,26H,4,7-11,13-14H2,1-3H3,(H,22,25)(H,23,27)/p+1/t16-,17-/m0/s1. The summed E-state index contributed by atoms with van der Waals surface area (Å²) in [4.78, 5) is 24.5. The predicted octanol–water partition coefficient (Wildman–Crippen LogP) is 0.474. The van der Waals surface area contributed by atoms with E-state index in [9.17, 15) is 14.7 Å². The van der Waals surface area contributed by atoms with Crippen LogP contribution in [0.5, 0.6) is 11.5 Å². The van der Waals surface area contributed by atoms with Gasteiger partial charge in [-0.25, -0.2) is 0 Å². The minimum absolute atomic E-state index is 0.0602. The predicted molar refractivity (Wildman–Crippen MR) is 107 cm³/mol. The summed E-state index contributed by atoms with van der Waals surface area (Å²) >= 11 is 0. The number of nitrogens with one attached hydrogen (secondary N) is 3. The number of phenolic OH excluding ortho intramolecular Hbond substituents is 1. The number of amides is 2. The first-order valence-corrected chi connectivity index (χ1v) is 10.1. The second kappa shape index (κ2) is 10.9. The molecular weight excluding hydrogens is 358 g/mol. The first-order valence-electron chi connectivity index (χ1n) is 10.1. The van der Waals surface area contributed by atoms with E-state index in [4.69, 9.17) is 4.74 Å². The zero-order chi connectivity index (χ0) is 20.5. The highest BCUT2D eigenvalue weighted by Gasteiger charge is 2.32. The molecule has 0 spiro atoms. The smallest absolute Gasteiger partial charge is 0.220 e. The van der Waals surface area contributed by atoms with Gasteiger partial charge in [-0.3, -0.25) is 9.59 Å². The van der Waals surface area contributed by atoms with Gasteiger partial charge in [-0.15, -0.1) is 0 Å². The number of aromatic hydroxyl groups is 1. The van der Waals surface area contributed by atoms with Gasteiger partial charge in [-0.1, -0.05) is 6.92 Å². The molecule has 0 saturated carbocycles. The first kappa shape index (κ1) is 22.0. The molecule has 1 unspecified atom stereocenters. The molecule has 2 amide bonds. The van der Waals surface area contributed by atoms with Gasteiger partial charge in [0, 0.05) is 50.4 Å². The fourth-order valence-corrected chi connectivity index (χ4v) is 4.01. The van der Waals surface area contributed by atoms with E-state index in [1.54, 1.807) is 13.2 Å². The highest BCUT2D eigenvalue weighted by Crippen LogP contribution is 2.25. The first-order chi connectivity index (χ1) is 13.4. The minimum atomic E-state index is -0.0847. The number of quaternary nitrogens is 1. The fraction of sp³-hybridized carbons (Fsp3) is 0.619. The lowest BCUT2D eigenvalue weighted by atomic mass is 9.81. The number of benzene rings is 1. The number of hydrogen-bond donors (Lipinski definition) is 4. The summed E-state index contributed by atoms with van der Waals surface area (Å²) in [6.07, 6.45) is 2.59. The molecule has 0 bridgehead atoms. The van der Waals surface area contributed by atoms with Crippen molar-refractivity contribution in [1.82, 2.24) is 10.6 Å². The van der Waals surface area contributed by atoms with Crippen LogP contribution in [0.1, 0.15) is 38.7 Å². The summed E-state index contributed by atoms with van der Waals surface area (Å²) in [7, 11) is 1.59. The Bertz CT molecular complexity index is 665. The van der Waals surface area contributed by atoms with Gasteiger partial charge in [0.2, 0.25) is 11.8 Å². The van der Waals surface area contributed by atoms with Crippen molar-refractivity contribution in [1.29, 1.82) is 0 Å². The van der Waals surface area contributed by atoms with Crippen LogP contribution >= 0.6 is 0 Å². The van der Waals surface area contributed by atoms with E-state index in [0.29, 0.717) is 37.1 Å². The minimum Gasteiger partial charge on any atom is -0.507 e. The molecule has 4 N–H and O–H groups in total. The highest BCUT2D eigenvalue weighted by molar-refractivity contribution is 5.76. The Morgan fingerprint density at radius 1 is 1.25 bits per heavy atom. The zero-order valence-corrected chi connectivity index (χ0v) is 17.2. The van der Waals surface area contributed by atoms with Gasteiger partial charge in [0.1, 0.15) is 18.0 Å². The van der Waals surface area contributed by atoms with Crippen LogP contribution in [0.15, 0.2) is 18.2 Å². The summed E-state index contributed by atoms with van der Waals surface area (Å²) in [5.41, 5.74) is 0.930. The number of hydrogen-bond acceptors (Lipinski definition) is 4. The number of carbonyl (C=O) groups excluding carboxylic acids is 2. The molecule has 2 rings (SSSR count). The van der Waals surface area contributed by atoms with Crippen LogP contribution in [0.2, 0.25) is 0 Å². The normalized spacial score (nSPS) is 21.8. The summed E-state index contributed by atoms with van der Waals surface area (Å²) < 4.78 is 5.15. The third kappa shape index (κ3) is 6.71. The van der Waals surface area contributed by atoms with Gasteiger partial charge in [-0.2, -0.15) is 0 Å². The summed E-state index contributed by atoms with van der Waals surface area (Å²) in [6, 6.07) is 5.46. The van der Waals surface area contributed by atoms with Crippen LogP contribution in [0.3, 0.4) is 0 Å². The van der Waals surface area contributed by atoms with E-state index in [-0.39, 0.29) is 17.6 Å². The molecule has 3 atom stereocenters. The van der Waals surface area contributed by atoms with Gasteiger partial charge >= 0.3 is 0 Å². The molecule has 1 saturated heterocycles. The maximum absolute atomic E-state index is 12.2. The van der Waals surface area contributed by atoms with Crippen molar-refractivity contribution in [2.45, 2.75) is 39.7 Å². The SMILES string of the molecule is CC[C@H]1C[NH+](Cc2ccc(OC)cc2O)CC[C@H]1CC(=O)NCCNC(C)=O. The molecule has 1 aromatic rings. The largest absolute Gasteiger partial charge is 0.507 e. The van der Waals surface area contributed by atoms with Crippen LogP contribution in [0.25, 0.3) is 0 Å². The van der Waals surface area contributed by atoms with E-state index in [0.717, 1.165) is 38.0 Å². The highest BCUT2D eigenvalue weighted by atomic mass is 16.5. The molecule has 7 nitrogen and oxygen atoms in total. The Labute approximate surface area is 167 Å². The molecule has 0 aromatic heterocycles. The Hall–Kier alpha value is -2.28. The maximum atomic E-state index is 12.2. The number of methoxy groups -OCH3 is 1. The average Bonchev–Trinajstić information content (AvgIpc) is 2.67. The van der Waals surface area contributed by atoms with Gasteiger partial charge in [0.15, 0.2) is 0 Å². The molecule has 0 aliphatic carbocycles. The van der Waals surface area contributed by atoms with Crippen molar-refractivity contribution in [3.8, 4) is 11.5 Å². The van der Waals surface area contributed by atoms with Crippen molar-refractivity contribution >= 4 is 11.8 Å². The molecule has 1 fully saturated rings. The zero-order valence-electron chi connectivity index (χ0n) is 17.2. The van der Waals surface area contributed by atoms with Crippen LogP contribution in [0.4, 0.5) is 0 Å². The average molecular weight is 393 g/mol. The molecule has 1 aliphatic heterocycles. The third-order valence-corrected chi connectivity index (χ3v) is 5.61. The molecular formula is C21H34N3O4+. The number of carbonyl (C=O) groups is 2. The summed E-state index contributed by atoms with van der Waals surface area (Å²) in [5.74, 6) is 1.79. The second-order valence-electron chi connectivity index (χ2n) is 7.63. The lowest BCUT2D eigenvalue weighted by Gasteiger charge is -2.35. The Morgan fingerprint density at radius 2 is 2.00 bits per heavy atom. The second-order valence-corrected chi connectivity index (χ2v) is 7.63. The van der Waals surface area contributed by atoms with Crippen LogP contribution in [-0.4, -0.2) is 50.2 Å². The van der Waals surface area contributed by atoms with E-state index in [1.165, 1.54) is 11.8 Å². The fourth-order valence-electron chi connectivity index (χ4n) is 4.01. The number of piperidine rings is 1. The lowest BCUT2D eigenvalue weighted by Crippen LogP contribution is -3.12. The molecule has 1 heterocycles. The molecule has 28 heavy (non-hydrogen) atoms. The number of likely N-dealkylation sites (tertiary alicyclic amines) is 1. The topological polar surface area (TPSA) is 92.1 Å². The molecule has 156 valence electrons. The molecule has 1 aromatic carbocycles. The van der Waals surface area contributed by atoms with E-state index in [1.807, 2.05) is 12.1 Å². The van der Waals surface area contributed by atoms with Crippen molar-refractivity contribution in [3.63, 3.8) is 0 Å². The van der Waals surface area contributed by atoms with Crippen molar-refractivity contribution in [2.75, 3.05) is 33.3 Å². The van der Waals surface area contributed by atoms with Crippen LogP contribution in [-0.2, 0) is 16.1 Å². The van der Waals surface area contributed by atoms with Crippen molar-refractivity contribution in [3.05, 3.63) is 23.8 Å². The summed E-state index contributed by atoms with van der Waals surface area (Å²) in [6.45, 7) is 7.36. The van der Waals surface area contributed by atoms with Gasteiger partial charge in [-0.05, 0) is 24.5 Å². The van der Waals surface area contributed by atoms with Gasteiger partial charge in [0.25, 0.3) is 0 Å². The van der Waals surface area contributed by atoms with Gasteiger partial charge < -0.3 is 25.4 Å². The third-order valence-electron chi connectivity index (χ3n) is 5.61. The Balaban J connectivity index is 1.82. The van der Waals surface area contributed by atoms with Crippen LogP contribution in [0, 0.1) is 11.8 Å². The van der Waals surface area contributed by atoms with Crippen molar-refractivity contribution in [2.24, 2.45) is 11.8 Å². The van der Waals surface area contributed by atoms with Crippen molar-refractivity contribution < 1.29 is 24.3 Å². The van der Waals surface area contributed by atoms with E-state index < -0.39 is 0 Å². The Morgan fingerprint density at radius 3 is 2.64 bits per heavy atom. The van der Waals surface area contributed by atoms with Crippen LogP contribution < -0.4 is 20.3 Å². The van der Waals surface area contributed by atoms with E-state index in [2.05, 4.69) is 17.6 Å². The summed E-state index contributed by atoms with van der Waals surface area (Å²) in [5, 5.41) is 15.8. The molecule has 7 heteroatoms. The monoisotopic (exact) mass is 392 g/mol.